The number of nitrogens with one attached hydrogen (secondary N) is 3. The molecule has 2 atom stereocenters. The van der Waals surface area contributed by atoms with Crippen LogP contribution in [-0.2, 0) is 25.5 Å². The molecule has 47 heavy (non-hydrogen) atoms. The van der Waals surface area contributed by atoms with Crippen molar-refractivity contribution in [2.75, 3.05) is 20.8 Å². The molecule has 0 saturated heterocycles. The molecule has 5 rings (SSSR count). The Bertz CT molecular complexity index is 2000. The SMILES string of the molecule is C=Cc1c(C)c2cc3nc(c(C(=O)NCC)c4nc(cc5[nH]c(cc1[nH]2)c(C)c5CC)C(C)=C4C(=O)OC)[C@@H](CCC(=O)OC)[C@@H]3C. The van der Waals surface area contributed by atoms with Crippen molar-refractivity contribution < 1.29 is 23.9 Å². The Kier molecular flexibility index (Phi) is 9.51. The molecule has 5 heterocycles. The van der Waals surface area contributed by atoms with Gasteiger partial charge < -0.3 is 24.8 Å². The number of hydrogen-bond acceptors (Lipinski definition) is 7. The number of methoxy groups -OCH3 is 2. The molecule has 1 amide bonds. The molecular weight excluding hydrogens is 594 g/mol. The molecule has 0 aromatic carbocycles. The van der Waals surface area contributed by atoms with Crippen molar-refractivity contribution in [3.63, 3.8) is 0 Å². The Balaban J connectivity index is 2.04. The smallest absolute Gasteiger partial charge is 0.340 e. The Hall–Kier alpha value is -4.99. The third-order valence-electron chi connectivity index (χ3n) is 9.47. The zero-order chi connectivity index (χ0) is 34.2. The number of amides is 1. The van der Waals surface area contributed by atoms with Crippen molar-refractivity contribution in [1.29, 1.82) is 0 Å². The summed E-state index contributed by atoms with van der Waals surface area (Å²) in [6.07, 6.45) is 3.12. The first-order chi connectivity index (χ1) is 22.5. The number of hydrogen-bond donors (Lipinski definition) is 3. The molecule has 3 aromatic heterocycles. The fraction of sp³-hybridized carbons (Fsp3) is 0.378. The Morgan fingerprint density at radius 3 is 2.30 bits per heavy atom. The molecule has 10 nitrogen and oxygen atoms in total. The van der Waals surface area contributed by atoms with Gasteiger partial charge in [-0.1, -0.05) is 26.5 Å². The molecule has 0 spiro atoms. The van der Waals surface area contributed by atoms with Crippen molar-refractivity contribution in [1.82, 2.24) is 25.3 Å². The highest BCUT2D eigenvalue weighted by molar-refractivity contribution is 6.27. The number of aromatic amines is 2. The van der Waals surface area contributed by atoms with Crippen LogP contribution >= 0.6 is 0 Å². The second kappa shape index (κ2) is 13.4. The summed E-state index contributed by atoms with van der Waals surface area (Å²) in [7, 11) is 2.67. The van der Waals surface area contributed by atoms with Gasteiger partial charge in [0, 0.05) is 58.1 Å². The molecule has 0 saturated carbocycles. The average molecular weight is 638 g/mol. The Morgan fingerprint density at radius 1 is 0.957 bits per heavy atom. The number of allylic oxidation sites excluding steroid dienone is 1. The first kappa shape index (κ1) is 33.4. The molecule has 3 aromatic rings. The molecule has 8 bridgehead atoms. The minimum Gasteiger partial charge on any atom is -0.469 e. The van der Waals surface area contributed by atoms with Crippen LogP contribution < -0.4 is 5.32 Å². The van der Waals surface area contributed by atoms with Crippen LogP contribution in [0.2, 0.25) is 0 Å². The number of aromatic nitrogens is 4. The molecule has 2 aliphatic rings. The van der Waals surface area contributed by atoms with Gasteiger partial charge in [0.05, 0.1) is 42.4 Å². The number of aryl methyl sites for hydroxylation is 3. The van der Waals surface area contributed by atoms with E-state index in [1.165, 1.54) is 14.2 Å². The van der Waals surface area contributed by atoms with E-state index < -0.39 is 11.9 Å². The number of fused-ring (bicyclic) bond motifs is 8. The Morgan fingerprint density at radius 2 is 1.66 bits per heavy atom. The first-order valence-electron chi connectivity index (χ1n) is 16.0. The molecule has 2 aliphatic heterocycles. The standard InChI is InChI=1S/C37H43N5O5/c1-10-22-18(4)25-15-27-20(6)24(13-14-31(43)46-8)34(41-27)33(36(44)38-12-3)35-32(37(45)47-9)21(7)28(42-35)17-30-23(11-2)19(5)26(40-30)16-29(22)39-25/h10,15-17,20,24,39-40H,1,11-14H2,2-9H3,(H,38,44)/t20-,24-/m0/s1. The van der Waals surface area contributed by atoms with Gasteiger partial charge in [-0.3, -0.25) is 14.6 Å². The van der Waals surface area contributed by atoms with Gasteiger partial charge >= 0.3 is 11.9 Å². The van der Waals surface area contributed by atoms with Crippen molar-refractivity contribution in [2.45, 2.75) is 72.6 Å². The molecule has 246 valence electrons. The quantitative estimate of drug-likeness (QED) is 0.230. The second-order valence-corrected chi connectivity index (χ2v) is 12.0. The van der Waals surface area contributed by atoms with Gasteiger partial charge in [0.25, 0.3) is 5.91 Å². The van der Waals surface area contributed by atoms with Gasteiger partial charge in [-0.2, -0.15) is 0 Å². The molecule has 0 fully saturated rings. The number of H-pyrrole nitrogens is 2. The Labute approximate surface area is 274 Å². The predicted molar refractivity (Wildman–Crippen MR) is 185 cm³/mol. The number of esters is 2. The lowest BCUT2D eigenvalue weighted by atomic mass is 9.85. The minimum absolute atomic E-state index is 0.131. The van der Waals surface area contributed by atoms with Gasteiger partial charge in [0.15, 0.2) is 0 Å². The summed E-state index contributed by atoms with van der Waals surface area (Å²) in [5.41, 5.74) is 10.7. The lowest BCUT2D eigenvalue weighted by molar-refractivity contribution is -0.140. The number of rotatable bonds is 8. The van der Waals surface area contributed by atoms with Crippen molar-refractivity contribution >= 4 is 57.1 Å². The largest absolute Gasteiger partial charge is 0.469 e. The zero-order valence-corrected chi connectivity index (χ0v) is 28.4. The predicted octanol–water partition coefficient (Wildman–Crippen LogP) is 6.83. The van der Waals surface area contributed by atoms with E-state index >= 15 is 0 Å². The van der Waals surface area contributed by atoms with Crippen molar-refractivity contribution in [3.8, 4) is 0 Å². The van der Waals surface area contributed by atoms with Crippen LogP contribution in [0, 0.1) is 13.8 Å². The monoisotopic (exact) mass is 637 g/mol. The molecule has 0 aliphatic carbocycles. The van der Waals surface area contributed by atoms with Gasteiger partial charge in [-0.25, -0.2) is 9.78 Å². The van der Waals surface area contributed by atoms with Gasteiger partial charge in [-0.15, -0.1) is 0 Å². The fourth-order valence-electron chi connectivity index (χ4n) is 6.77. The zero-order valence-electron chi connectivity index (χ0n) is 28.4. The van der Waals surface area contributed by atoms with Crippen LogP contribution in [0.25, 0.3) is 39.3 Å². The maximum Gasteiger partial charge on any atom is 0.340 e. The van der Waals surface area contributed by atoms with Crippen LogP contribution in [0.5, 0.6) is 0 Å². The topological polar surface area (TPSA) is 139 Å². The van der Waals surface area contributed by atoms with Crippen LogP contribution in [0.15, 0.2) is 24.8 Å². The van der Waals surface area contributed by atoms with E-state index in [2.05, 4.69) is 41.8 Å². The van der Waals surface area contributed by atoms with E-state index in [0.29, 0.717) is 29.9 Å². The number of nitrogens with zero attached hydrogens (tertiary/aromatic N) is 2. The molecular formula is C37H43N5O5. The summed E-state index contributed by atoms with van der Waals surface area (Å²) in [5, 5.41) is 2.92. The summed E-state index contributed by atoms with van der Waals surface area (Å²) >= 11 is 0. The lowest BCUT2D eigenvalue weighted by Gasteiger charge is -2.18. The van der Waals surface area contributed by atoms with E-state index in [0.717, 1.165) is 56.4 Å². The average Bonchev–Trinajstić information content (AvgIpc) is 3.73. The van der Waals surface area contributed by atoms with E-state index in [1.54, 1.807) is 0 Å². The third-order valence-corrected chi connectivity index (χ3v) is 9.47. The van der Waals surface area contributed by atoms with Crippen LogP contribution in [0.4, 0.5) is 0 Å². The number of carbonyl (C=O) groups excluding carboxylic acids is 3. The second-order valence-electron chi connectivity index (χ2n) is 12.0. The summed E-state index contributed by atoms with van der Waals surface area (Å²) in [4.78, 5) is 57.1. The molecule has 0 unspecified atom stereocenters. The van der Waals surface area contributed by atoms with E-state index in [9.17, 15) is 14.4 Å². The van der Waals surface area contributed by atoms with E-state index in [4.69, 9.17) is 19.4 Å². The normalized spacial score (nSPS) is 15.8. The van der Waals surface area contributed by atoms with E-state index in [-0.39, 0.29) is 41.1 Å². The maximum atomic E-state index is 14.1. The molecule has 0 radical (unpaired) electrons. The lowest BCUT2D eigenvalue weighted by Crippen LogP contribution is -2.26. The summed E-state index contributed by atoms with van der Waals surface area (Å²) in [5.74, 6) is -1.89. The fourth-order valence-corrected chi connectivity index (χ4v) is 6.77. The van der Waals surface area contributed by atoms with Crippen molar-refractivity contribution in [3.05, 3.63) is 75.4 Å². The summed E-state index contributed by atoms with van der Waals surface area (Å²) in [6.45, 7) is 16.3. The summed E-state index contributed by atoms with van der Waals surface area (Å²) in [6, 6.07) is 6.01. The highest BCUT2D eigenvalue weighted by atomic mass is 16.5. The number of carbonyl (C=O) groups is 3. The van der Waals surface area contributed by atoms with Gasteiger partial charge in [0.2, 0.25) is 0 Å². The van der Waals surface area contributed by atoms with Gasteiger partial charge in [0.1, 0.15) is 0 Å². The van der Waals surface area contributed by atoms with E-state index in [1.807, 2.05) is 45.9 Å². The van der Waals surface area contributed by atoms with Crippen molar-refractivity contribution in [2.24, 2.45) is 0 Å². The highest BCUT2D eigenvalue weighted by Crippen LogP contribution is 2.43. The minimum atomic E-state index is -0.600. The highest BCUT2D eigenvalue weighted by Gasteiger charge is 2.37. The third kappa shape index (κ3) is 5.88. The van der Waals surface area contributed by atoms with Crippen LogP contribution in [-0.4, -0.2) is 58.5 Å². The van der Waals surface area contributed by atoms with Crippen LogP contribution in [0.1, 0.15) is 108 Å². The van der Waals surface area contributed by atoms with Crippen LogP contribution in [0.3, 0.4) is 0 Å². The van der Waals surface area contributed by atoms with Gasteiger partial charge in [-0.05, 0) is 81.0 Å². The molecule has 10 heteroatoms. The molecule has 3 N–H and O–H groups in total. The first-order valence-corrected chi connectivity index (χ1v) is 16.0. The summed E-state index contributed by atoms with van der Waals surface area (Å²) < 4.78 is 10.2. The maximum absolute atomic E-state index is 14.1. The number of ether oxygens (including phenoxy) is 2.